The molecule has 0 bridgehead atoms. The number of likely N-dealkylation sites (tertiary alicyclic amines) is 1. The van der Waals surface area contributed by atoms with Crippen LogP contribution in [0.1, 0.15) is 19.8 Å². The molecule has 4 heteroatoms. The molecule has 0 unspecified atom stereocenters. The number of hydrogen-bond donors (Lipinski definition) is 0. The molecular weight excluding hydrogens is 321 g/mol. The van der Waals surface area contributed by atoms with Gasteiger partial charge in [0, 0.05) is 35.4 Å². The van der Waals surface area contributed by atoms with Crippen molar-refractivity contribution in [3.63, 3.8) is 0 Å². The molecule has 3 radical (unpaired) electrons. The molecule has 0 atom stereocenters. The van der Waals surface area contributed by atoms with E-state index in [9.17, 15) is 4.79 Å². The Hall–Kier alpha value is 0.383. The Kier molecular flexibility index (Phi) is 8.50. The van der Waals surface area contributed by atoms with Crippen molar-refractivity contribution in [2.45, 2.75) is 19.8 Å². The number of nitrogens with zero attached hydrogens (tertiary/aromatic N) is 1. The van der Waals surface area contributed by atoms with E-state index in [-0.39, 0.29) is 29.5 Å². The van der Waals surface area contributed by atoms with Gasteiger partial charge in [0.1, 0.15) is 5.78 Å². The summed E-state index contributed by atoms with van der Waals surface area (Å²) in [6.07, 6.45) is 2.12. The molecule has 0 N–H and O–H groups in total. The average Bonchev–Trinajstić information content (AvgIpc) is 1.88. The van der Waals surface area contributed by atoms with Crippen molar-refractivity contribution in [3.8, 4) is 0 Å². The smallest absolute Gasteiger partial charge is 0.133 e. The van der Waals surface area contributed by atoms with Crippen LogP contribution in [0.25, 0.3) is 0 Å². The third kappa shape index (κ3) is 4.42. The summed E-state index contributed by atoms with van der Waals surface area (Å²) in [6, 6.07) is 0. The van der Waals surface area contributed by atoms with Gasteiger partial charge in [-0.1, -0.05) is 0 Å². The van der Waals surface area contributed by atoms with E-state index in [2.05, 4.69) is 11.9 Å². The van der Waals surface area contributed by atoms with Crippen LogP contribution in [0.3, 0.4) is 0 Å². The van der Waals surface area contributed by atoms with Crippen LogP contribution in [-0.4, -0.2) is 39.2 Å². The maximum atomic E-state index is 10.9. The number of hydrogen-bond acceptors (Lipinski definition) is 2. The van der Waals surface area contributed by atoms with Gasteiger partial charge in [-0.05, 0) is 39.9 Å². The van der Waals surface area contributed by atoms with Gasteiger partial charge in [-0.3, -0.25) is 4.79 Å². The summed E-state index contributed by atoms with van der Waals surface area (Å²) in [5.41, 5.74) is 0. The molecule has 67 valence electrons. The largest absolute Gasteiger partial charge is 0.306 e. The van der Waals surface area contributed by atoms with Crippen LogP contribution >= 0.6 is 0 Å². The molecule has 1 aliphatic heterocycles. The minimum Gasteiger partial charge on any atom is -0.306 e. The zero-order valence-corrected chi connectivity index (χ0v) is 10.7. The second-order valence-corrected chi connectivity index (χ2v) is 3.19. The van der Waals surface area contributed by atoms with E-state index in [1.807, 2.05) is 0 Å². The van der Waals surface area contributed by atoms with Crippen LogP contribution in [0.15, 0.2) is 0 Å². The van der Waals surface area contributed by atoms with E-state index in [0.29, 0.717) is 11.7 Å². The van der Waals surface area contributed by atoms with Gasteiger partial charge in [0.25, 0.3) is 0 Å². The molecule has 1 saturated heterocycles. The molecule has 12 heavy (non-hydrogen) atoms. The van der Waals surface area contributed by atoms with Gasteiger partial charge in [0.15, 0.2) is 0 Å². The fourth-order valence-electron chi connectivity index (χ4n) is 1.42. The van der Waals surface area contributed by atoms with Gasteiger partial charge in [-0.25, -0.2) is 0 Å². The SMILES string of the molecule is CC(=O)C1CCN(C)CC1.[B].[W]. The summed E-state index contributed by atoms with van der Waals surface area (Å²) < 4.78 is 0. The predicted molar refractivity (Wildman–Crippen MR) is 46.7 cm³/mol. The minimum absolute atomic E-state index is 0. The summed E-state index contributed by atoms with van der Waals surface area (Å²) in [5.74, 6) is 0.726. The zero-order chi connectivity index (χ0) is 7.56. The zero-order valence-electron chi connectivity index (χ0n) is 7.75. The van der Waals surface area contributed by atoms with Crippen LogP contribution in [0.4, 0.5) is 0 Å². The van der Waals surface area contributed by atoms with Gasteiger partial charge in [0.05, 0.1) is 0 Å². The van der Waals surface area contributed by atoms with Crippen LogP contribution < -0.4 is 0 Å². The summed E-state index contributed by atoms with van der Waals surface area (Å²) in [4.78, 5) is 13.2. The van der Waals surface area contributed by atoms with E-state index < -0.39 is 0 Å². The molecule has 0 aromatic rings. The fourth-order valence-corrected chi connectivity index (χ4v) is 1.42. The Morgan fingerprint density at radius 3 is 2.08 bits per heavy atom. The first-order valence-electron chi connectivity index (χ1n) is 3.89. The number of carbonyl (C=O) groups excluding carboxylic acids is 1. The summed E-state index contributed by atoms with van der Waals surface area (Å²) in [5, 5.41) is 0. The maximum Gasteiger partial charge on any atom is 0.133 e. The second kappa shape index (κ2) is 6.85. The van der Waals surface area contributed by atoms with Gasteiger partial charge < -0.3 is 4.90 Å². The van der Waals surface area contributed by atoms with Gasteiger partial charge in [-0.15, -0.1) is 0 Å². The van der Waals surface area contributed by atoms with E-state index in [1.165, 1.54) is 0 Å². The normalized spacial score (nSPS) is 19.2. The molecule has 0 saturated carbocycles. The average molecular weight is 336 g/mol. The van der Waals surface area contributed by atoms with Crippen molar-refractivity contribution < 1.29 is 25.9 Å². The predicted octanol–water partition coefficient (Wildman–Crippen LogP) is 0.534. The van der Waals surface area contributed by atoms with Crippen molar-refractivity contribution in [2.75, 3.05) is 20.1 Å². The minimum atomic E-state index is 0. The van der Waals surface area contributed by atoms with E-state index in [1.54, 1.807) is 6.92 Å². The quantitative estimate of drug-likeness (QED) is 0.652. The first-order chi connectivity index (χ1) is 4.70. The van der Waals surface area contributed by atoms with Gasteiger partial charge in [0.2, 0.25) is 0 Å². The van der Waals surface area contributed by atoms with Crippen molar-refractivity contribution >= 4 is 14.2 Å². The van der Waals surface area contributed by atoms with E-state index >= 15 is 0 Å². The Balaban J connectivity index is 0. The van der Waals surface area contributed by atoms with Crippen LogP contribution in [0.5, 0.6) is 0 Å². The molecule has 1 heterocycles. The van der Waals surface area contributed by atoms with Crippen molar-refractivity contribution in [2.24, 2.45) is 5.92 Å². The molecular formula is C8H15BNOW. The number of piperidine rings is 1. The third-order valence-corrected chi connectivity index (χ3v) is 2.29. The Labute approximate surface area is 90.9 Å². The monoisotopic (exact) mass is 336 g/mol. The number of ketones is 1. The summed E-state index contributed by atoms with van der Waals surface area (Å²) in [7, 11) is 2.11. The number of rotatable bonds is 1. The molecule has 1 fully saturated rings. The first-order valence-corrected chi connectivity index (χ1v) is 3.89. The van der Waals surface area contributed by atoms with Crippen molar-refractivity contribution in [3.05, 3.63) is 0 Å². The Bertz CT molecular complexity index is 135. The Morgan fingerprint density at radius 2 is 1.75 bits per heavy atom. The van der Waals surface area contributed by atoms with Crippen molar-refractivity contribution in [1.82, 2.24) is 4.90 Å². The van der Waals surface area contributed by atoms with Gasteiger partial charge in [-0.2, -0.15) is 0 Å². The molecule has 0 aromatic carbocycles. The summed E-state index contributed by atoms with van der Waals surface area (Å²) >= 11 is 0. The fraction of sp³-hybridized carbons (Fsp3) is 0.875. The molecule has 0 amide bonds. The Morgan fingerprint density at radius 1 is 1.33 bits per heavy atom. The second-order valence-electron chi connectivity index (χ2n) is 3.19. The molecule has 1 rings (SSSR count). The first kappa shape index (κ1) is 14.9. The van der Waals surface area contributed by atoms with Crippen LogP contribution in [0.2, 0.25) is 0 Å². The standard InChI is InChI=1S/C8H15NO.B.W/c1-7(10)8-3-5-9(2)6-4-8;;/h8H,3-6H2,1-2H3;;. The van der Waals surface area contributed by atoms with Crippen LogP contribution in [0, 0.1) is 5.92 Å². The molecule has 0 aliphatic carbocycles. The van der Waals surface area contributed by atoms with Crippen molar-refractivity contribution in [1.29, 1.82) is 0 Å². The number of carbonyl (C=O) groups is 1. The third-order valence-electron chi connectivity index (χ3n) is 2.29. The molecule has 0 spiro atoms. The molecule has 1 aliphatic rings. The molecule has 0 aromatic heterocycles. The maximum absolute atomic E-state index is 10.9. The molecule has 2 nitrogen and oxygen atoms in total. The topological polar surface area (TPSA) is 20.3 Å². The number of Topliss-reactive ketones (excluding diaryl/α,β-unsaturated/α-hetero) is 1. The van der Waals surface area contributed by atoms with Crippen LogP contribution in [-0.2, 0) is 25.9 Å². The summed E-state index contributed by atoms with van der Waals surface area (Å²) in [6.45, 7) is 3.88. The van der Waals surface area contributed by atoms with E-state index in [4.69, 9.17) is 0 Å². The van der Waals surface area contributed by atoms with Gasteiger partial charge >= 0.3 is 0 Å². The van der Waals surface area contributed by atoms with E-state index in [0.717, 1.165) is 25.9 Å².